The highest BCUT2D eigenvalue weighted by atomic mass is 32.2. The number of thioether (sulfide) groups is 1. The van der Waals surface area contributed by atoms with Gasteiger partial charge in [-0.05, 0) is 48.7 Å². The first-order chi connectivity index (χ1) is 19.5. The number of nitrogens with zero attached hydrogens (tertiary/aromatic N) is 3. The molecule has 0 bridgehead atoms. The molecule has 2 heterocycles. The molecule has 0 aliphatic carbocycles. The van der Waals surface area contributed by atoms with Gasteiger partial charge >= 0.3 is 0 Å². The highest BCUT2D eigenvalue weighted by Crippen LogP contribution is 2.49. The van der Waals surface area contributed by atoms with Gasteiger partial charge in [0.25, 0.3) is 0 Å². The van der Waals surface area contributed by atoms with E-state index in [1.165, 1.54) is 12.1 Å². The zero-order valence-electron chi connectivity index (χ0n) is 22.8. The van der Waals surface area contributed by atoms with Gasteiger partial charge in [-0.1, -0.05) is 74.4 Å². The second-order valence-corrected chi connectivity index (χ2v) is 11.0. The molecule has 8 heteroatoms. The molecular weight excluding hydrogens is 523 g/mol. The topological polar surface area (TPSA) is 67.2 Å². The summed E-state index contributed by atoms with van der Waals surface area (Å²) >= 11 is 1.54. The Hall–Kier alpha value is -3.91. The number of nitrogens with one attached hydrogen (secondary N) is 1. The van der Waals surface area contributed by atoms with Crippen LogP contribution in [0.15, 0.2) is 78.9 Å². The van der Waals surface area contributed by atoms with Crippen LogP contribution >= 0.6 is 11.8 Å². The summed E-state index contributed by atoms with van der Waals surface area (Å²) in [5.41, 5.74) is 5.29. The molecule has 0 fully saturated rings. The van der Waals surface area contributed by atoms with Gasteiger partial charge in [-0.15, -0.1) is 11.8 Å². The minimum Gasteiger partial charge on any atom is -0.355 e. The first-order valence-corrected chi connectivity index (χ1v) is 14.7. The normalized spacial score (nSPS) is 15.0. The van der Waals surface area contributed by atoms with E-state index in [4.69, 9.17) is 5.10 Å². The van der Waals surface area contributed by atoms with E-state index in [0.717, 1.165) is 47.2 Å². The summed E-state index contributed by atoms with van der Waals surface area (Å²) in [7, 11) is 0. The van der Waals surface area contributed by atoms with Crippen molar-refractivity contribution in [3.8, 4) is 16.9 Å². The Labute approximate surface area is 238 Å². The number of carbonyl (C=O) groups is 2. The van der Waals surface area contributed by atoms with E-state index in [2.05, 4.69) is 31.3 Å². The van der Waals surface area contributed by atoms with Gasteiger partial charge in [-0.3, -0.25) is 14.5 Å². The molecule has 0 spiro atoms. The summed E-state index contributed by atoms with van der Waals surface area (Å²) < 4.78 is 15.6. The molecule has 6 nitrogen and oxygen atoms in total. The Morgan fingerprint density at radius 2 is 1.75 bits per heavy atom. The summed E-state index contributed by atoms with van der Waals surface area (Å²) in [5, 5.41) is 7.81. The minimum absolute atomic E-state index is 0.125. The Morgan fingerprint density at radius 1 is 1.02 bits per heavy atom. The van der Waals surface area contributed by atoms with Gasteiger partial charge in [0.15, 0.2) is 0 Å². The second kappa shape index (κ2) is 12.5. The van der Waals surface area contributed by atoms with Crippen molar-refractivity contribution >= 4 is 29.4 Å². The molecule has 1 unspecified atom stereocenters. The van der Waals surface area contributed by atoms with E-state index in [1.54, 1.807) is 33.5 Å². The predicted octanol–water partition coefficient (Wildman–Crippen LogP) is 6.46. The molecule has 3 aromatic carbocycles. The number of fused-ring (bicyclic) bond motifs is 1. The smallest absolute Gasteiger partial charge is 0.240 e. The summed E-state index contributed by atoms with van der Waals surface area (Å²) in [5.74, 6) is -0.0127. The standard InChI is InChI=1S/C32H33FN4O2S/c1-3-4-10-19-34-27(38)20-36-28(39)21-40-31(26-14-9-8-11-22(26)2)29-30(23-12-6-5-7-13-23)35-37(32(29)36)25-17-15-24(33)16-18-25/h5-9,11-18,31H,3-4,10,19-21H2,1-2H3,(H,34,38). The number of anilines is 1. The molecule has 0 saturated heterocycles. The number of carbonyl (C=O) groups excluding carboxylic acids is 2. The molecule has 0 radical (unpaired) electrons. The van der Waals surface area contributed by atoms with Crippen LogP contribution in [-0.4, -0.2) is 40.4 Å². The van der Waals surface area contributed by atoms with Crippen LogP contribution in [0.3, 0.4) is 0 Å². The van der Waals surface area contributed by atoms with Crippen molar-refractivity contribution in [3.63, 3.8) is 0 Å². The average molecular weight is 557 g/mol. The molecule has 4 aromatic rings. The van der Waals surface area contributed by atoms with Crippen molar-refractivity contribution in [2.75, 3.05) is 23.7 Å². The minimum atomic E-state index is -0.363. The zero-order chi connectivity index (χ0) is 28.1. The number of benzene rings is 3. The molecule has 40 heavy (non-hydrogen) atoms. The third-order valence-corrected chi connectivity index (χ3v) is 8.32. The lowest BCUT2D eigenvalue weighted by atomic mass is 9.97. The highest BCUT2D eigenvalue weighted by molar-refractivity contribution is 8.00. The first kappa shape index (κ1) is 27.6. The summed E-state index contributed by atoms with van der Waals surface area (Å²) in [6.07, 6.45) is 2.97. The fourth-order valence-corrected chi connectivity index (χ4v) is 6.31. The zero-order valence-corrected chi connectivity index (χ0v) is 23.6. The van der Waals surface area contributed by atoms with Crippen molar-refractivity contribution in [3.05, 3.63) is 101 Å². The fourth-order valence-electron chi connectivity index (χ4n) is 5.02. The van der Waals surface area contributed by atoms with Crippen LogP contribution in [0.25, 0.3) is 16.9 Å². The van der Waals surface area contributed by atoms with Gasteiger partial charge in [-0.2, -0.15) is 5.10 Å². The Kier molecular flexibility index (Phi) is 8.65. The molecular formula is C32H33FN4O2S. The number of aryl methyl sites for hydroxylation is 1. The quantitative estimate of drug-likeness (QED) is 0.240. The van der Waals surface area contributed by atoms with Crippen LogP contribution in [0.4, 0.5) is 10.2 Å². The third-order valence-electron chi connectivity index (χ3n) is 7.08. The van der Waals surface area contributed by atoms with Crippen LogP contribution < -0.4 is 10.2 Å². The molecule has 0 saturated carbocycles. The number of aromatic nitrogens is 2. The molecule has 1 N–H and O–H groups in total. The maximum atomic E-state index is 13.9. The summed E-state index contributed by atoms with van der Waals surface area (Å²) in [4.78, 5) is 28.4. The van der Waals surface area contributed by atoms with Crippen LogP contribution in [0.5, 0.6) is 0 Å². The fraction of sp³-hybridized carbons (Fsp3) is 0.281. The van der Waals surface area contributed by atoms with E-state index < -0.39 is 0 Å². The lowest BCUT2D eigenvalue weighted by molar-refractivity contribution is -0.122. The molecule has 1 aromatic heterocycles. The van der Waals surface area contributed by atoms with E-state index in [1.807, 2.05) is 42.5 Å². The van der Waals surface area contributed by atoms with Crippen LogP contribution in [-0.2, 0) is 9.59 Å². The van der Waals surface area contributed by atoms with E-state index >= 15 is 0 Å². The van der Waals surface area contributed by atoms with Crippen molar-refractivity contribution in [2.45, 2.75) is 38.4 Å². The second-order valence-electron chi connectivity index (χ2n) is 9.92. The van der Waals surface area contributed by atoms with E-state index in [9.17, 15) is 14.0 Å². The van der Waals surface area contributed by atoms with Gasteiger partial charge < -0.3 is 5.32 Å². The lowest BCUT2D eigenvalue weighted by Gasteiger charge is -2.23. The Morgan fingerprint density at radius 3 is 2.48 bits per heavy atom. The lowest BCUT2D eigenvalue weighted by Crippen LogP contribution is -2.42. The van der Waals surface area contributed by atoms with Crippen molar-refractivity contribution in [1.82, 2.24) is 15.1 Å². The number of hydrogen-bond donors (Lipinski definition) is 1. The molecule has 206 valence electrons. The first-order valence-electron chi connectivity index (χ1n) is 13.7. The number of hydrogen-bond acceptors (Lipinski definition) is 4. The number of rotatable bonds is 9. The van der Waals surface area contributed by atoms with Crippen LogP contribution in [0, 0.1) is 12.7 Å². The molecule has 2 amide bonds. The molecule has 1 aliphatic rings. The van der Waals surface area contributed by atoms with E-state index in [0.29, 0.717) is 18.1 Å². The van der Waals surface area contributed by atoms with Gasteiger partial charge in [0.1, 0.15) is 18.2 Å². The van der Waals surface area contributed by atoms with Crippen molar-refractivity contribution in [2.24, 2.45) is 0 Å². The van der Waals surface area contributed by atoms with Crippen molar-refractivity contribution < 1.29 is 14.0 Å². The SMILES string of the molecule is CCCCCNC(=O)CN1C(=O)CSC(c2ccccc2C)c2c(-c3ccccc3)nn(-c3ccc(F)cc3)c21. The Bertz CT molecular complexity index is 1490. The summed E-state index contributed by atoms with van der Waals surface area (Å²) in [6, 6.07) is 24.1. The van der Waals surface area contributed by atoms with Crippen molar-refractivity contribution in [1.29, 1.82) is 0 Å². The molecule has 1 aliphatic heterocycles. The van der Waals surface area contributed by atoms with Gasteiger partial charge in [0.2, 0.25) is 11.8 Å². The maximum Gasteiger partial charge on any atom is 0.240 e. The number of unbranched alkanes of at least 4 members (excludes halogenated alkanes) is 2. The maximum absolute atomic E-state index is 13.9. The third kappa shape index (κ3) is 5.82. The van der Waals surface area contributed by atoms with Crippen LogP contribution in [0.2, 0.25) is 0 Å². The number of halogens is 1. The van der Waals surface area contributed by atoms with E-state index in [-0.39, 0.29) is 35.2 Å². The predicted molar refractivity (Wildman–Crippen MR) is 159 cm³/mol. The highest BCUT2D eigenvalue weighted by Gasteiger charge is 2.38. The average Bonchev–Trinajstić information content (AvgIpc) is 3.29. The monoisotopic (exact) mass is 556 g/mol. The Balaban J connectivity index is 1.71. The van der Waals surface area contributed by atoms with Gasteiger partial charge in [0, 0.05) is 17.7 Å². The van der Waals surface area contributed by atoms with Gasteiger partial charge in [-0.25, -0.2) is 9.07 Å². The molecule has 5 rings (SSSR count). The molecule has 1 atom stereocenters. The number of amides is 2. The van der Waals surface area contributed by atoms with Crippen LogP contribution in [0.1, 0.15) is 48.1 Å². The van der Waals surface area contributed by atoms with Gasteiger partial charge in [0.05, 0.1) is 22.4 Å². The summed E-state index contributed by atoms with van der Waals surface area (Å²) in [6.45, 7) is 4.62. The largest absolute Gasteiger partial charge is 0.355 e.